The van der Waals surface area contributed by atoms with Crippen molar-refractivity contribution in [3.8, 4) is 0 Å². The predicted octanol–water partition coefficient (Wildman–Crippen LogP) is 1.62. The highest BCUT2D eigenvalue weighted by molar-refractivity contribution is 5.85. The third-order valence-corrected chi connectivity index (χ3v) is 4.61. The lowest BCUT2D eigenvalue weighted by Crippen LogP contribution is -2.59. The smallest absolute Gasteiger partial charge is 0.326 e. The quantitative estimate of drug-likeness (QED) is 0.822. The number of carbonyl (C=O) groups is 2. The minimum absolute atomic E-state index is 0.0531. The van der Waals surface area contributed by atoms with Crippen molar-refractivity contribution in [2.24, 2.45) is 5.92 Å². The van der Waals surface area contributed by atoms with E-state index in [1.165, 1.54) is 6.42 Å². The molecular formula is C15H26N2O3. The fourth-order valence-electron chi connectivity index (χ4n) is 3.62. The van der Waals surface area contributed by atoms with E-state index in [-0.39, 0.29) is 24.5 Å². The number of rotatable bonds is 4. The second-order valence-electron chi connectivity index (χ2n) is 6.38. The molecule has 2 rings (SSSR count). The number of nitrogens with one attached hydrogen (secondary N) is 1. The maximum absolute atomic E-state index is 12.5. The van der Waals surface area contributed by atoms with E-state index in [2.05, 4.69) is 5.32 Å². The van der Waals surface area contributed by atoms with Gasteiger partial charge in [-0.2, -0.15) is 0 Å². The molecule has 0 spiro atoms. The van der Waals surface area contributed by atoms with Crippen LogP contribution in [0.3, 0.4) is 0 Å². The summed E-state index contributed by atoms with van der Waals surface area (Å²) in [6.45, 7) is 4.22. The number of carbonyl (C=O) groups excluding carboxylic acids is 1. The largest absolute Gasteiger partial charge is 0.480 e. The molecule has 3 unspecified atom stereocenters. The Kier molecular flexibility index (Phi) is 5.02. The van der Waals surface area contributed by atoms with Crippen LogP contribution in [0.15, 0.2) is 0 Å². The van der Waals surface area contributed by atoms with Crippen molar-refractivity contribution in [2.75, 3.05) is 6.54 Å². The first kappa shape index (κ1) is 15.3. The highest BCUT2D eigenvalue weighted by Crippen LogP contribution is 2.37. The number of hydrogen-bond acceptors (Lipinski definition) is 3. The molecule has 0 aromatic carbocycles. The highest BCUT2D eigenvalue weighted by Gasteiger charge is 2.43. The average molecular weight is 282 g/mol. The summed E-state index contributed by atoms with van der Waals surface area (Å²) >= 11 is 0. The first-order chi connectivity index (χ1) is 9.50. The number of fused-ring (bicyclic) bond motifs is 1. The highest BCUT2D eigenvalue weighted by atomic mass is 16.4. The Morgan fingerprint density at radius 1 is 1.20 bits per heavy atom. The first-order valence-corrected chi connectivity index (χ1v) is 7.78. The van der Waals surface area contributed by atoms with Crippen LogP contribution < -0.4 is 5.32 Å². The number of carboxylic acids is 1. The van der Waals surface area contributed by atoms with Gasteiger partial charge in [0.05, 0.1) is 6.54 Å². The minimum Gasteiger partial charge on any atom is -0.480 e. The second-order valence-corrected chi connectivity index (χ2v) is 6.38. The molecule has 0 aromatic heterocycles. The number of carboxylic acid groups (broad SMARTS) is 1. The summed E-state index contributed by atoms with van der Waals surface area (Å²) < 4.78 is 0. The van der Waals surface area contributed by atoms with E-state index in [1.807, 2.05) is 13.8 Å². The molecule has 3 atom stereocenters. The zero-order chi connectivity index (χ0) is 14.7. The molecule has 114 valence electrons. The maximum Gasteiger partial charge on any atom is 0.326 e. The Labute approximate surface area is 120 Å². The lowest BCUT2D eigenvalue weighted by Gasteiger charge is -2.47. The Bertz CT molecular complexity index is 370. The summed E-state index contributed by atoms with van der Waals surface area (Å²) in [5, 5.41) is 12.5. The van der Waals surface area contributed by atoms with Gasteiger partial charge in [0.25, 0.3) is 0 Å². The fourth-order valence-corrected chi connectivity index (χ4v) is 3.62. The van der Waals surface area contributed by atoms with E-state index in [4.69, 9.17) is 0 Å². The zero-order valence-corrected chi connectivity index (χ0v) is 12.5. The molecule has 5 nitrogen and oxygen atoms in total. The Balaban J connectivity index is 2.12. The van der Waals surface area contributed by atoms with E-state index in [1.54, 1.807) is 4.90 Å². The average Bonchev–Trinajstić information content (AvgIpc) is 2.43. The molecule has 1 amide bonds. The number of piperidine rings is 1. The zero-order valence-electron chi connectivity index (χ0n) is 12.5. The van der Waals surface area contributed by atoms with Crippen LogP contribution in [-0.4, -0.2) is 46.6 Å². The van der Waals surface area contributed by atoms with E-state index in [0.29, 0.717) is 12.3 Å². The van der Waals surface area contributed by atoms with Crippen LogP contribution in [0.2, 0.25) is 0 Å². The molecule has 2 fully saturated rings. The molecule has 1 saturated carbocycles. The molecule has 0 radical (unpaired) electrons. The summed E-state index contributed by atoms with van der Waals surface area (Å²) in [6.07, 6.45) is 5.97. The minimum atomic E-state index is -0.855. The molecule has 1 aliphatic carbocycles. The van der Waals surface area contributed by atoms with Crippen molar-refractivity contribution in [2.45, 2.75) is 70.5 Å². The number of likely N-dealkylation sites (tertiary alicyclic amines) is 1. The Hall–Kier alpha value is -1.10. The van der Waals surface area contributed by atoms with E-state index < -0.39 is 12.0 Å². The van der Waals surface area contributed by atoms with Crippen LogP contribution in [0.25, 0.3) is 0 Å². The van der Waals surface area contributed by atoms with E-state index in [9.17, 15) is 14.7 Å². The van der Waals surface area contributed by atoms with Crippen molar-refractivity contribution in [3.63, 3.8) is 0 Å². The summed E-state index contributed by atoms with van der Waals surface area (Å²) in [5.74, 6) is -0.406. The van der Waals surface area contributed by atoms with Crippen LogP contribution in [-0.2, 0) is 9.59 Å². The molecule has 1 heterocycles. The molecule has 0 aromatic rings. The van der Waals surface area contributed by atoms with Crippen molar-refractivity contribution < 1.29 is 14.7 Å². The van der Waals surface area contributed by atoms with Crippen LogP contribution in [0.4, 0.5) is 0 Å². The number of nitrogens with zero attached hydrogens (tertiary/aromatic N) is 1. The third kappa shape index (κ3) is 3.32. The van der Waals surface area contributed by atoms with Crippen LogP contribution in [0.1, 0.15) is 52.4 Å². The normalized spacial score (nSPS) is 30.1. The number of hydrogen-bond donors (Lipinski definition) is 2. The molecule has 2 aliphatic rings. The summed E-state index contributed by atoms with van der Waals surface area (Å²) in [4.78, 5) is 25.6. The fraction of sp³-hybridized carbons (Fsp3) is 0.867. The van der Waals surface area contributed by atoms with Crippen molar-refractivity contribution in [1.82, 2.24) is 10.2 Å². The van der Waals surface area contributed by atoms with Gasteiger partial charge in [0.1, 0.15) is 6.04 Å². The third-order valence-electron chi connectivity index (χ3n) is 4.61. The maximum atomic E-state index is 12.5. The van der Waals surface area contributed by atoms with Crippen LogP contribution in [0, 0.1) is 5.92 Å². The van der Waals surface area contributed by atoms with Gasteiger partial charge in [0.2, 0.25) is 5.91 Å². The predicted molar refractivity (Wildman–Crippen MR) is 76.4 cm³/mol. The number of aliphatic carboxylic acids is 1. The molecule has 2 N–H and O–H groups in total. The second kappa shape index (κ2) is 6.57. The Morgan fingerprint density at radius 3 is 2.55 bits per heavy atom. The summed E-state index contributed by atoms with van der Waals surface area (Å²) in [7, 11) is 0. The topological polar surface area (TPSA) is 69.6 Å². The van der Waals surface area contributed by atoms with Crippen molar-refractivity contribution >= 4 is 11.9 Å². The van der Waals surface area contributed by atoms with Gasteiger partial charge in [-0.05, 0) is 31.6 Å². The molecule has 5 heteroatoms. The van der Waals surface area contributed by atoms with Gasteiger partial charge in [-0.1, -0.05) is 26.7 Å². The monoisotopic (exact) mass is 282 g/mol. The summed E-state index contributed by atoms with van der Waals surface area (Å²) in [6, 6.07) is -0.259. The first-order valence-electron chi connectivity index (χ1n) is 7.78. The van der Waals surface area contributed by atoms with Crippen molar-refractivity contribution in [1.29, 1.82) is 0 Å². The van der Waals surface area contributed by atoms with Gasteiger partial charge in [0.15, 0.2) is 0 Å². The van der Waals surface area contributed by atoms with Gasteiger partial charge in [0, 0.05) is 12.1 Å². The molecule has 20 heavy (non-hydrogen) atoms. The lowest BCUT2D eigenvalue weighted by molar-refractivity contribution is -0.157. The van der Waals surface area contributed by atoms with Crippen molar-refractivity contribution in [3.05, 3.63) is 0 Å². The number of amides is 1. The van der Waals surface area contributed by atoms with Gasteiger partial charge < -0.3 is 15.3 Å². The lowest BCUT2D eigenvalue weighted by atomic mass is 9.76. The standard InChI is InChI=1S/C15H26N2O3/c1-10(2)16-9-14(18)17-12-6-4-3-5-11(12)7-8-13(17)15(19)20/h10-13,16H,3-9H2,1-2H3,(H,19,20). The van der Waals surface area contributed by atoms with E-state index >= 15 is 0 Å². The molecule has 1 aliphatic heterocycles. The summed E-state index contributed by atoms with van der Waals surface area (Å²) in [5.41, 5.74) is 0. The van der Waals surface area contributed by atoms with E-state index in [0.717, 1.165) is 25.7 Å². The van der Waals surface area contributed by atoms with Gasteiger partial charge in [-0.15, -0.1) is 0 Å². The van der Waals surface area contributed by atoms with Gasteiger partial charge in [-0.3, -0.25) is 4.79 Å². The molecule has 1 saturated heterocycles. The van der Waals surface area contributed by atoms with Crippen LogP contribution >= 0.6 is 0 Å². The molecule has 0 bridgehead atoms. The van der Waals surface area contributed by atoms with Gasteiger partial charge >= 0.3 is 5.97 Å². The Morgan fingerprint density at radius 2 is 1.90 bits per heavy atom. The molecular weight excluding hydrogens is 256 g/mol. The van der Waals surface area contributed by atoms with Gasteiger partial charge in [-0.25, -0.2) is 4.79 Å². The SMILES string of the molecule is CC(C)NCC(=O)N1C(C(=O)O)CCC2CCCCC21. The van der Waals surface area contributed by atoms with Crippen LogP contribution in [0.5, 0.6) is 0 Å².